The highest BCUT2D eigenvalue weighted by Gasteiger charge is 2.41. The molecule has 6 heteroatoms. The Balaban J connectivity index is 1.93. The van der Waals surface area contributed by atoms with Gasteiger partial charge in [0, 0.05) is 0 Å². The van der Waals surface area contributed by atoms with Crippen LogP contribution in [0.1, 0.15) is 31.4 Å². The Morgan fingerprint density at radius 2 is 2.16 bits per heavy atom. The molecule has 2 N–H and O–H groups in total. The third-order valence-corrected chi connectivity index (χ3v) is 3.54. The van der Waals surface area contributed by atoms with E-state index in [-0.39, 0.29) is 18.4 Å². The van der Waals surface area contributed by atoms with Crippen molar-refractivity contribution in [1.29, 1.82) is 0 Å². The standard InChI is InChI=1S/C13H18N2O4/c1-7-3-9(10(4-7)13(17)18)12(16)15-6-11-14-5-8(2)19-11/h5,7,9-10H,3-4,6H2,1-2H3,(H,15,16)(H,17,18). The van der Waals surface area contributed by atoms with Gasteiger partial charge in [-0.2, -0.15) is 0 Å². The maximum atomic E-state index is 12.0. The molecular formula is C13H18N2O4. The first-order chi connectivity index (χ1) is 8.97. The highest BCUT2D eigenvalue weighted by atomic mass is 16.4. The molecule has 1 amide bonds. The number of carbonyl (C=O) groups is 2. The van der Waals surface area contributed by atoms with E-state index in [0.29, 0.717) is 24.5 Å². The van der Waals surface area contributed by atoms with Crippen LogP contribution in [0.2, 0.25) is 0 Å². The van der Waals surface area contributed by atoms with Crippen molar-refractivity contribution in [3.8, 4) is 0 Å². The molecule has 1 aromatic heterocycles. The van der Waals surface area contributed by atoms with Crippen molar-refractivity contribution in [2.75, 3.05) is 0 Å². The molecular weight excluding hydrogens is 248 g/mol. The summed E-state index contributed by atoms with van der Waals surface area (Å²) in [5.41, 5.74) is 0. The van der Waals surface area contributed by atoms with Crippen molar-refractivity contribution in [2.45, 2.75) is 33.2 Å². The number of hydrogen-bond donors (Lipinski definition) is 2. The van der Waals surface area contributed by atoms with Crippen LogP contribution in [0.4, 0.5) is 0 Å². The average Bonchev–Trinajstić information content (AvgIpc) is 2.92. The van der Waals surface area contributed by atoms with Gasteiger partial charge in [0.15, 0.2) is 0 Å². The third kappa shape index (κ3) is 3.13. The Morgan fingerprint density at radius 1 is 1.47 bits per heavy atom. The minimum Gasteiger partial charge on any atom is -0.481 e. The summed E-state index contributed by atoms with van der Waals surface area (Å²) in [4.78, 5) is 27.2. The van der Waals surface area contributed by atoms with Crippen molar-refractivity contribution in [2.24, 2.45) is 17.8 Å². The smallest absolute Gasteiger partial charge is 0.307 e. The van der Waals surface area contributed by atoms with Gasteiger partial charge in [-0.1, -0.05) is 6.92 Å². The van der Waals surface area contributed by atoms with Gasteiger partial charge >= 0.3 is 5.97 Å². The van der Waals surface area contributed by atoms with Gasteiger partial charge in [-0.3, -0.25) is 9.59 Å². The largest absolute Gasteiger partial charge is 0.481 e. The van der Waals surface area contributed by atoms with E-state index in [0.717, 1.165) is 0 Å². The predicted molar refractivity (Wildman–Crippen MR) is 66.1 cm³/mol. The summed E-state index contributed by atoms with van der Waals surface area (Å²) in [6, 6.07) is 0. The molecule has 0 spiro atoms. The number of rotatable bonds is 4. The van der Waals surface area contributed by atoms with Crippen LogP contribution in [0, 0.1) is 24.7 Å². The zero-order valence-corrected chi connectivity index (χ0v) is 11.0. The van der Waals surface area contributed by atoms with Crippen molar-refractivity contribution in [3.05, 3.63) is 17.8 Å². The number of nitrogens with one attached hydrogen (secondary N) is 1. The van der Waals surface area contributed by atoms with Crippen LogP contribution in [0.15, 0.2) is 10.6 Å². The number of carboxylic acid groups (broad SMARTS) is 1. The third-order valence-electron chi connectivity index (χ3n) is 3.54. The van der Waals surface area contributed by atoms with E-state index in [4.69, 9.17) is 9.52 Å². The zero-order valence-electron chi connectivity index (χ0n) is 11.0. The van der Waals surface area contributed by atoms with Crippen molar-refractivity contribution in [1.82, 2.24) is 10.3 Å². The molecule has 1 aromatic rings. The molecule has 1 fully saturated rings. The number of carboxylic acids is 1. The van der Waals surface area contributed by atoms with E-state index < -0.39 is 17.8 Å². The van der Waals surface area contributed by atoms with Gasteiger partial charge in [0.25, 0.3) is 0 Å². The minimum atomic E-state index is -0.892. The Hall–Kier alpha value is -1.85. The monoisotopic (exact) mass is 266 g/mol. The predicted octanol–water partition coefficient (Wildman–Crippen LogP) is 1.35. The van der Waals surface area contributed by atoms with Gasteiger partial charge in [-0.05, 0) is 25.7 Å². The quantitative estimate of drug-likeness (QED) is 0.858. The fourth-order valence-electron chi connectivity index (χ4n) is 2.63. The van der Waals surface area contributed by atoms with Gasteiger partial charge in [0.05, 0.1) is 24.6 Å². The first-order valence-electron chi connectivity index (χ1n) is 6.39. The number of carbonyl (C=O) groups excluding carboxylic acids is 1. The Morgan fingerprint density at radius 3 is 2.74 bits per heavy atom. The molecule has 0 aromatic carbocycles. The van der Waals surface area contributed by atoms with Crippen LogP contribution in [-0.2, 0) is 16.1 Å². The SMILES string of the molecule is Cc1cnc(CNC(=O)C2CC(C)CC2C(=O)O)o1. The molecule has 0 saturated heterocycles. The molecule has 0 radical (unpaired) electrons. The Bertz CT molecular complexity index is 483. The van der Waals surface area contributed by atoms with E-state index in [1.54, 1.807) is 13.1 Å². The van der Waals surface area contributed by atoms with Crippen LogP contribution in [0.25, 0.3) is 0 Å². The second kappa shape index (κ2) is 5.42. The molecule has 1 heterocycles. The number of hydrogen-bond acceptors (Lipinski definition) is 4. The zero-order chi connectivity index (χ0) is 14.0. The summed E-state index contributed by atoms with van der Waals surface area (Å²) >= 11 is 0. The van der Waals surface area contributed by atoms with Gasteiger partial charge in [-0.25, -0.2) is 4.98 Å². The number of aryl methyl sites for hydroxylation is 1. The van der Waals surface area contributed by atoms with E-state index in [2.05, 4.69) is 10.3 Å². The minimum absolute atomic E-state index is 0.198. The van der Waals surface area contributed by atoms with Crippen molar-refractivity contribution in [3.63, 3.8) is 0 Å². The lowest BCUT2D eigenvalue weighted by Gasteiger charge is -2.14. The summed E-state index contributed by atoms with van der Waals surface area (Å²) in [5, 5.41) is 11.8. The first kappa shape index (κ1) is 13.6. The summed E-state index contributed by atoms with van der Waals surface area (Å²) in [5.74, 6) is -0.777. The number of oxazole rings is 1. The number of aromatic nitrogens is 1. The van der Waals surface area contributed by atoms with Crippen LogP contribution in [-0.4, -0.2) is 22.0 Å². The van der Waals surface area contributed by atoms with Gasteiger partial charge in [0.1, 0.15) is 5.76 Å². The molecule has 0 bridgehead atoms. The van der Waals surface area contributed by atoms with E-state index in [1.807, 2.05) is 6.92 Å². The lowest BCUT2D eigenvalue weighted by atomic mass is 9.95. The number of amides is 1. The fraction of sp³-hybridized carbons (Fsp3) is 0.615. The molecule has 104 valence electrons. The van der Waals surface area contributed by atoms with E-state index in [9.17, 15) is 9.59 Å². The van der Waals surface area contributed by atoms with Gasteiger partial charge in [-0.15, -0.1) is 0 Å². The number of aliphatic carboxylic acids is 1. The van der Waals surface area contributed by atoms with Gasteiger partial charge in [0.2, 0.25) is 11.8 Å². The van der Waals surface area contributed by atoms with Crippen molar-refractivity contribution >= 4 is 11.9 Å². The summed E-state index contributed by atoms with van der Waals surface area (Å²) in [6.45, 7) is 3.95. The Labute approximate surface area is 111 Å². The summed E-state index contributed by atoms with van der Waals surface area (Å²) < 4.78 is 5.25. The van der Waals surface area contributed by atoms with Crippen molar-refractivity contribution < 1.29 is 19.1 Å². The molecule has 1 aliphatic rings. The van der Waals surface area contributed by atoms with E-state index >= 15 is 0 Å². The van der Waals surface area contributed by atoms with Crippen LogP contribution in [0.3, 0.4) is 0 Å². The molecule has 6 nitrogen and oxygen atoms in total. The summed E-state index contributed by atoms with van der Waals surface area (Å²) in [6.07, 6.45) is 2.76. The molecule has 1 saturated carbocycles. The molecule has 3 unspecified atom stereocenters. The van der Waals surface area contributed by atoms with Crippen LogP contribution in [0.5, 0.6) is 0 Å². The van der Waals surface area contributed by atoms with Crippen LogP contribution >= 0.6 is 0 Å². The molecule has 0 aliphatic heterocycles. The summed E-state index contributed by atoms with van der Waals surface area (Å²) in [7, 11) is 0. The Kier molecular flexibility index (Phi) is 3.87. The second-order valence-electron chi connectivity index (χ2n) is 5.21. The average molecular weight is 266 g/mol. The van der Waals surface area contributed by atoms with Gasteiger partial charge < -0.3 is 14.8 Å². The van der Waals surface area contributed by atoms with E-state index in [1.165, 1.54) is 0 Å². The maximum Gasteiger partial charge on any atom is 0.307 e. The fourth-order valence-corrected chi connectivity index (χ4v) is 2.63. The highest BCUT2D eigenvalue weighted by molar-refractivity contribution is 5.85. The first-order valence-corrected chi connectivity index (χ1v) is 6.39. The lowest BCUT2D eigenvalue weighted by molar-refractivity contribution is -0.146. The molecule has 19 heavy (non-hydrogen) atoms. The second-order valence-corrected chi connectivity index (χ2v) is 5.21. The molecule has 3 atom stereocenters. The maximum absolute atomic E-state index is 12.0. The van der Waals surface area contributed by atoms with Crippen LogP contribution < -0.4 is 5.32 Å². The molecule has 1 aliphatic carbocycles. The molecule has 2 rings (SSSR count). The topological polar surface area (TPSA) is 92.4 Å². The number of nitrogens with zero attached hydrogens (tertiary/aromatic N) is 1. The lowest BCUT2D eigenvalue weighted by Crippen LogP contribution is -2.35. The normalized spacial score (nSPS) is 26.3. The highest BCUT2D eigenvalue weighted by Crippen LogP contribution is 2.36.